The third kappa shape index (κ3) is 8.57. The van der Waals surface area contributed by atoms with Gasteiger partial charge in [0.1, 0.15) is 0 Å². The molecule has 6 aromatic rings. The Hall–Kier alpha value is -6.82. The lowest BCUT2D eigenvalue weighted by atomic mass is 9.79. The minimum Gasteiger partial charge on any atom is -0.253 e. The summed E-state index contributed by atoms with van der Waals surface area (Å²) in [5.41, 5.74) is 14.8. The second-order valence-electron chi connectivity index (χ2n) is 16.3. The number of nitrogens with zero attached hydrogens (tertiary/aromatic N) is 2. The van der Waals surface area contributed by atoms with Gasteiger partial charge in [0, 0.05) is 29.4 Å². The van der Waals surface area contributed by atoms with Gasteiger partial charge in [-0.05, 0) is 93.0 Å². The standard InChI is InChI=1S/C57H48N2/c1-40-29-56(45-23-13-5-14-24-45)59-57(46-25-15-6-16-26-46)38-55(40)54-36-51(44-21-11-4-12-22-44)35-53(37-54)50-31-41(39-58)30-49(34-50)52-32-47(42-17-7-2-8-18-42)27-28-48(33-52)43-19-9-3-10-20-43/h2-21,23-28,30-32,34-38,40,44,48,52,55H,22,29,33H2,1H3/t40-,44?,48?,52?,55?/m1/s1. The van der Waals surface area contributed by atoms with Crippen LogP contribution in [0.3, 0.4) is 0 Å². The maximum atomic E-state index is 10.6. The maximum Gasteiger partial charge on any atom is 0.0991 e. The molecule has 5 atom stereocenters. The molecular formula is C57H48N2. The molecule has 2 nitrogen and oxygen atoms in total. The van der Waals surface area contributed by atoms with Crippen molar-refractivity contribution in [3.05, 3.63) is 251 Å². The van der Waals surface area contributed by atoms with Crippen molar-refractivity contribution in [1.29, 1.82) is 5.26 Å². The molecule has 1 aliphatic heterocycles. The van der Waals surface area contributed by atoms with E-state index in [0.29, 0.717) is 5.56 Å². The summed E-state index contributed by atoms with van der Waals surface area (Å²) in [6.45, 7) is 2.37. The zero-order chi connectivity index (χ0) is 40.0. The zero-order valence-electron chi connectivity index (χ0n) is 33.5. The molecule has 0 spiro atoms. The third-order valence-electron chi connectivity index (χ3n) is 12.2. The highest BCUT2D eigenvalue weighted by molar-refractivity contribution is 6.04. The summed E-state index contributed by atoms with van der Waals surface area (Å²) in [5, 5.41) is 10.6. The van der Waals surface area contributed by atoms with Crippen LogP contribution in [-0.4, -0.2) is 5.71 Å². The topological polar surface area (TPSA) is 36.1 Å². The van der Waals surface area contributed by atoms with E-state index in [-0.39, 0.29) is 29.6 Å². The van der Waals surface area contributed by atoms with Gasteiger partial charge in [-0.25, -0.2) is 0 Å². The average Bonchev–Trinajstić information content (AvgIpc) is 3.65. The lowest BCUT2D eigenvalue weighted by molar-refractivity contribution is 0.548. The van der Waals surface area contributed by atoms with Crippen molar-refractivity contribution in [1.82, 2.24) is 0 Å². The second-order valence-corrected chi connectivity index (χ2v) is 16.3. The van der Waals surface area contributed by atoms with Crippen molar-refractivity contribution >= 4 is 17.0 Å². The van der Waals surface area contributed by atoms with Crippen LogP contribution in [0.4, 0.5) is 0 Å². The molecule has 286 valence electrons. The number of rotatable bonds is 8. The maximum absolute atomic E-state index is 10.6. The lowest BCUT2D eigenvalue weighted by Gasteiger charge is -2.24. The lowest BCUT2D eigenvalue weighted by Crippen LogP contribution is -2.13. The van der Waals surface area contributed by atoms with Gasteiger partial charge >= 0.3 is 0 Å². The van der Waals surface area contributed by atoms with Gasteiger partial charge < -0.3 is 0 Å². The van der Waals surface area contributed by atoms with Crippen molar-refractivity contribution in [2.75, 3.05) is 0 Å². The van der Waals surface area contributed by atoms with Crippen molar-refractivity contribution in [3.8, 4) is 17.2 Å². The summed E-state index contributed by atoms with van der Waals surface area (Å²) in [5.74, 6) is 1.00. The fourth-order valence-electron chi connectivity index (χ4n) is 9.09. The van der Waals surface area contributed by atoms with E-state index in [1.54, 1.807) is 0 Å². The average molecular weight is 761 g/mol. The number of nitriles is 1. The molecule has 0 bridgehead atoms. The van der Waals surface area contributed by atoms with Crippen molar-refractivity contribution < 1.29 is 0 Å². The largest absolute Gasteiger partial charge is 0.253 e. The van der Waals surface area contributed by atoms with E-state index in [0.717, 1.165) is 47.4 Å². The molecule has 0 saturated heterocycles. The molecule has 0 saturated carbocycles. The molecule has 2 aliphatic carbocycles. The normalized spacial score (nSPS) is 21.4. The summed E-state index contributed by atoms with van der Waals surface area (Å²) < 4.78 is 0. The van der Waals surface area contributed by atoms with E-state index in [4.69, 9.17) is 4.99 Å². The molecule has 4 unspecified atom stereocenters. The van der Waals surface area contributed by atoms with Crippen LogP contribution in [-0.2, 0) is 0 Å². The molecule has 2 heteroatoms. The summed E-state index contributed by atoms with van der Waals surface area (Å²) in [6.07, 6.45) is 21.1. The highest BCUT2D eigenvalue weighted by atomic mass is 14.8. The number of aliphatic imine (C=N–C) groups is 1. The van der Waals surface area contributed by atoms with Crippen LogP contribution < -0.4 is 0 Å². The first kappa shape index (κ1) is 37.7. The van der Waals surface area contributed by atoms with E-state index in [9.17, 15) is 5.26 Å². The van der Waals surface area contributed by atoms with E-state index >= 15 is 0 Å². The van der Waals surface area contributed by atoms with E-state index in [2.05, 4.69) is 219 Å². The Morgan fingerprint density at radius 1 is 0.542 bits per heavy atom. The highest BCUT2D eigenvalue weighted by Gasteiger charge is 2.27. The summed E-state index contributed by atoms with van der Waals surface area (Å²) in [7, 11) is 0. The molecule has 1 heterocycles. The van der Waals surface area contributed by atoms with Crippen LogP contribution in [0.2, 0.25) is 0 Å². The Balaban J connectivity index is 1.17. The zero-order valence-corrected chi connectivity index (χ0v) is 33.5. The van der Waals surface area contributed by atoms with Gasteiger partial charge in [0.2, 0.25) is 0 Å². The monoisotopic (exact) mass is 760 g/mol. The van der Waals surface area contributed by atoms with Gasteiger partial charge in [0.25, 0.3) is 0 Å². The van der Waals surface area contributed by atoms with Crippen molar-refractivity contribution in [2.45, 2.75) is 49.9 Å². The molecule has 0 radical (unpaired) electrons. The summed E-state index contributed by atoms with van der Waals surface area (Å²) in [6, 6.07) is 59.1. The minimum absolute atomic E-state index is 0.0957. The first-order chi connectivity index (χ1) is 29.1. The van der Waals surface area contributed by atoms with Gasteiger partial charge in [-0.1, -0.05) is 201 Å². The molecule has 0 aromatic heterocycles. The predicted molar refractivity (Wildman–Crippen MR) is 246 cm³/mol. The van der Waals surface area contributed by atoms with E-state index in [1.807, 2.05) is 0 Å². The van der Waals surface area contributed by atoms with Gasteiger partial charge in [-0.15, -0.1) is 0 Å². The number of hydrogen-bond donors (Lipinski definition) is 0. The first-order valence-corrected chi connectivity index (χ1v) is 21.0. The van der Waals surface area contributed by atoms with Gasteiger partial charge in [-0.3, -0.25) is 4.99 Å². The Morgan fingerprint density at radius 3 is 1.85 bits per heavy atom. The second kappa shape index (κ2) is 17.4. The third-order valence-corrected chi connectivity index (χ3v) is 12.2. The van der Waals surface area contributed by atoms with Gasteiger partial charge in [0.15, 0.2) is 0 Å². The Kier molecular flexibility index (Phi) is 11.1. The number of benzene rings is 6. The van der Waals surface area contributed by atoms with Gasteiger partial charge in [0.05, 0.1) is 17.3 Å². The molecule has 0 fully saturated rings. The quantitative estimate of drug-likeness (QED) is 0.152. The first-order valence-electron chi connectivity index (χ1n) is 21.0. The van der Waals surface area contributed by atoms with Gasteiger partial charge in [-0.2, -0.15) is 5.26 Å². The van der Waals surface area contributed by atoms with Crippen LogP contribution in [0.5, 0.6) is 0 Å². The Labute approximate surface area is 349 Å². The smallest absolute Gasteiger partial charge is 0.0991 e. The molecule has 6 aromatic carbocycles. The van der Waals surface area contributed by atoms with Crippen LogP contribution in [0.15, 0.2) is 211 Å². The molecule has 0 N–H and O–H groups in total. The van der Waals surface area contributed by atoms with E-state index < -0.39 is 0 Å². The van der Waals surface area contributed by atoms with Crippen molar-refractivity contribution in [2.24, 2.45) is 10.9 Å². The number of hydrogen-bond acceptors (Lipinski definition) is 2. The molecule has 59 heavy (non-hydrogen) atoms. The molecule has 9 rings (SSSR count). The number of allylic oxidation sites excluding steroid dienone is 9. The Morgan fingerprint density at radius 2 is 1.17 bits per heavy atom. The molecule has 3 aliphatic rings. The highest BCUT2D eigenvalue weighted by Crippen LogP contribution is 2.43. The van der Waals surface area contributed by atoms with Crippen LogP contribution in [0.1, 0.15) is 94.4 Å². The molecule has 0 amide bonds. The van der Waals surface area contributed by atoms with E-state index in [1.165, 1.54) is 39.0 Å². The minimum atomic E-state index is 0.0957. The van der Waals surface area contributed by atoms with Crippen LogP contribution >= 0.6 is 0 Å². The summed E-state index contributed by atoms with van der Waals surface area (Å²) >= 11 is 0. The molecular weight excluding hydrogens is 713 g/mol. The SMILES string of the molecule is C[C@@H]1CC(c2ccccc2)=NC(c2ccccc2)=CC1c1cc(-c2cc(C#N)cc(C3C=C(c4ccccc4)C=CC(c4ccccc4)C3)c2)cc(C2C=CC=CC2)c1. The van der Waals surface area contributed by atoms with Crippen LogP contribution in [0, 0.1) is 17.2 Å². The fraction of sp³-hybridized carbons (Fsp3) is 0.158. The van der Waals surface area contributed by atoms with Crippen LogP contribution in [0.25, 0.3) is 22.4 Å². The predicted octanol–water partition coefficient (Wildman–Crippen LogP) is 14.4. The fourth-order valence-corrected chi connectivity index (χ4v) is 9.09. The summed E-state index contributed by atoms with van der Waals surface area (Å²) in [4.78, 5) is 5.40. The Bertz CT molecular complexity index is 2650. The van der Waals surface area contributed by atoms with Crippen molar-refractivity contribution in [3.63, 3.8) is 0 Å².